The molecule has 0 amide bonds. The number of hydrogen-bond acceptors (Lipinski definition) is 3. The molecule has 1 saturated carbocycles. The van der Waals surface area contributed by atoms with E-state index in [1.165, 1.54) is 36.4 Å². The van der Waals surface area contributed by atoms with Gasteiger partial charge in [0.2, 0.25) is 0 Å². The normalized spacial score (nSPS) is 18.0. The van der Waals surface area contributed by atoms with E-state index in [2.05, 4.69) is 31.5 Å². The van der Waals surface area contributed by atoms with Crippen molar-refractivity contribution in [3.8, 4) is 0 Å². The minimum Gasteiger partial charge on any atom is -0.306 e. The van der Waals surface area contributed by atoms with Crippen molar-refractivity contribution >= 4 is 11.3 Å². The number of hydrogen-bond donors (Lipinski definition) is 1. The third-order valence-corrected chi connectivity index (χ3v) is 4.41. The van der Waals surface area contributed by atoms with Crippen LogP contribution in [0, 0.1) is 0 Å². The first kappa shape index (κ1) is 12.1. The molecule has 1 aromatic rings. The monoisotopic (exact) mass is 238 g/mol. The Balaban J connectivity index is 1.93. The lowest BCUT2D eigenvalue weighted by molar-refractivity contribution is 0.428. The molecule has 1 heterocycles. The van der Waals surface area contributed by atoms with E-state index in [0.29, 0.717) is 12.1 Å². The third kappa shape index (κ3) is 2.83. The van der Waals surface area contributed by atoms with Gasteiger partial charge in [0.05, 0.1) is 10.7 Å². The van der Waals surface area contributed by atoms with Crippen LogP contribution in [-0.2, 0) is 0 Å². The molecule has 3 heteroatoms. The molecule has 0 saturated heterocycles. The van der Waals surface area contributed by atoms with Crippen molar-refractivity contribution in [2.75, 3.05) is 0 Å². The fourth-order valence-corrected chi connectivity index (χ4v) is 3.07. The molecule has 16 heavy (non-hydrogen) atoms. The largest absolute Gasteiger partial charge is 0.306 e. The first-order valence-corrected chi connectivity index (χ1v) is 7.33. The van der Waals surface area contributed by atoms with E-state index in [9.17, 15) is 0 Å². The predicted molar refractivity (Wildman–Crippen MR) is 70.0 cm³/mol. The Hall–Kier alpha value is -0.410. The van der Waals surface area contributed by atoms with Crippen LogP contribution in [0.4, 0.5) is 0 Å². The molecule has 0 radical (unpaired) electrons. The second-order valence-electron chi connectivity index (χ2n) is 4.79. The van der Waals surface area contributed by atoms with Gasteiger partial charge in [0.25, 0.3) is 0 Å². The van der Waals surface area contributed by atoms with Gasteiger partial charge in [-0.05, 0) is 32.6 Å². The van der Waals surface area contributed by atoms with E-state index in [4.69, 9.17) is 4.98 Å². The first-order chi connectivity index (χ1) is 7.74. The second kappa shape index (κ2) is 5.28. The number of aromatic nitrogens is 1. The lowest BCUT2D eigenvalue weighted by atomic mass is 10.1. The van der Waals surface area contributed by atoms with Crippen molar-refractivity contribution in [3.05, 3.63) is 16.1 Å². The van der Waals surface area contributed by atoms with Gasteiger partial charge < -0.3 is 5.32 Å². The van der Waals surface area contributed by atoms with E-state index < -0.39 is 0 Å². The maximum atomic E-state index is 4.75. The Morgan fingerprint density at radius 2 is 2.12 bits per heavy atom. The topological polar surface area (TPSA) is 24.9 Å². The summed E-state index contributed by atoms with van der Waals surface area (Å²) in [6.45, 7) is 6.71. The zero-order chi connectivity index (χ0) is 11.5. The summed E-state index contributed by atoms with van der Waals surface area (Å²) in [6.07, 6.45) is 5.09. The molecule has 1 aliphatic rings. The Kier molecular flexibility index (Phi) is 3.98. The summed E-state index contributed by atoms with van der Waals surface area (Å²) < 4.78 is 0. The van der Waals surface area contributed by atoms with Crippen LogP contribution in [0.25, 0.3) is 0 Å². The van der Waals surface area contributed by atoms with Crippen molar-refractivity contribution < 1.29 is 0 Å². The molecule has 1 N–H and O–H groups in total. The van der Waals surface area contributed by atoms with Crippen LogP contribution >= 0.6 is 11.3 Å². The summed E-state index contributed by atoms with van der Waals surface area (Å²) in [7, 11) is 0. The molecule has 0 bridgehead atoms. The van der Waals surface area contributed by atoms with Crippen LogP contribution in [0.3, 0.4) is 0 Å². The lowest BCUT2D eigenvalue weighted by Gasteiger charge is -2.19. The molecule has 90 valence electrons. The fourth-order valence-electron chi connectivity index (χ4n) is 1.98. The summed E-state index contributed by atoms with van der Waals surface area (Å²) in [4.78, 5) is 4.75. The standard InChI is InChI=1S/C13H22N2S/c1-4-11(5-2)14-9(3)12-8-16-13(15-12)10-6-7-10/h8-11,14H,4-7H2,1-3H3. The first-order valence-electron chi connectivity index (χ1n) is 6.45. The number of thiazole rings is 1. The third-order valence-electron chi connectivity index (χ3n) is 3.38. The van der Waals surface area contributed by atoms with Crippen molar-refractivity contribution in [3.63, 3.8) is 0 Å². The van der Waals surface area contributed by atoms with Crippen LogP contribution in [-0.4, -0.2) is 11.0 Å². The van der Waals surface area contributed by atoms with E-state index in [1.54, 1.807) is 0 Å². The minimum atomic E-state index is 0.397. The Bertz CT molecular complexity index is 326. The van der Waals surface area contributed by atoms with Gasteiger partial charge in [-0.15, -0.1) is 11.3 Å². The Labute approximate surface area is 102 Å². The highest BCUT2D eigenvalue weighted by atomic mass is 32.1. The quantitative estimate of drug-likeness (QED) is 0.814. The highest BCUT2D eigenvalue weighted by Crippen LogP contribution is 2.41. The van der Waals surface area contributed by atoms with Crippen molar-refractivity contribution in [1.29, 1.82) is 0 Å². The SMILES string of the molecule is CCC(CC)NC(C)c1csc(C2CC2)n1. The average molecular weight is 238 g/mol. The van der Waals surface area contributed by atoms with E-state index in [0.717, 1.165) is 5.92 Å². The van der Waals surface area contributed by atoms with E-state index >= 15 is 0 Å². The maximum absolute atomic E-state index is 4.75. The zero-order valence-electron chi connectivity index (χ0n) is 10.5. The molecule has 0 aromatic carbocycles. The summed E-state index contributed by atoms with van der Waals surface area (Å²) in [5.41, 5.74) is 1.24. The summed E-state index contributed by atoms with van der Waals surface area (Å²) >= 11 is 1.84. The molecule has 1 atom stereocenters. The second-order valence-corrected chi connectivity index (χ2v) is 5.68. The molecule has 1 unspecified atom stereocenters. The molecule has 1 fully saturated rings. The van der Waals surface area contributed by atoms with Gasteiger partial charge >= 0.3 is 0 Å². The van der Waals surface area contributed by atoms with Crippen LogP contribution < -0.4 is 5.32 Å². The molecule has 1 aliphatic carbocycles. The zero-order valence-corrected chi connectivity index (χ0v) is 11.3. The van der Waals surface area contributed by atoms with Crippen molar-refractivity contribution in [2.45, 2.75) is 64.5 Å². The molecule has 0 spiro atoms. The number of nitrogens with one attached hydrogen (secondary N) is 1. The molecular formula is C13H22N2S. The lowest BCUT2D eigenvalue weighted by Crippen LogP contribution is -2.30. The number of nitrogens with zero attached hydrogens (tertiary/aromatic N) is 1. The van der Waals surface area contributed by atoms with Gasteiger partial charge in [0.1, 0.15) is 0 Å². The van der Waals surface area contributed by atoms with Crippen LogP contribution in [0.15, 0.2) is 5.38 Å². The summed E-state index contributed by atoms with van der Waals surface area (Å²) in [6, 6.07) is 1.02. The molecule has 2 nitrogen and oxygen atoms in total. The molecule has 2 rings (SSSR count). The van der Waals surface area contributed by atoms with Gasteiger partial charge in [0, 0.05) is 23.4 Å². The minimum absolute atomic E-state index is 0.397. The van der Waals surface area contributed by atoms with Gasteiger partial charge in [-0.2, -0.15) is 0 Å². The van der Waals surface area contributed by atoms with Crippen molar-refractivity contribution in [1.82, 2.24) is 10.3 Å². The summed E-state index contributed by atoms with van der Waals surface area (Å²) in [5.74, 6) is 0.791. The van der Waals surface area contributed by atoms with Gasteiger partial charge in [-0.25, -0.2) is 4.98 Å². The van der Waals surface area contributed by atoms with Gasteiger partial charge in [-0.1, -0.05) is 13.8 Å². The molecule has 0 aliphatic heterocycles. The van der Waals surface area contributed by atoms with Crippen LogP contribution in [0.1, 0.15) is 69.1 Å². The van der Waals surface area contributed by atoms with E-state index in [-0.39, 0.29) is 0 Å². The molecular weight excluding hydrogens is 216 g/mol. The predicted octanol–water partition coefficient (Wildman–Crippen LogP) is 3.86. The van der Waals surface area contributed by atoms with Crippen LogP contribution in [0.2, 0.25) is 0 Å². The highest BCUT2D eigenvalue weighted by Gasteiger charge is 2.27. The smallest absolute Gasteiger partial charge is 0.0959 e. The Morgan fingerprint density at radius 3 is 2.69 bits per heavy atom. The molecule has 1 aromatic heterocycles. The van der Waals surface area contributed by atoms with Crippen LogP contribution in [0.5, 0.6) is 0 Å². The average Bonchev–Trinajstić information content (AvgIpc) is 3.03. The highest BCUT2D eigenvalue weighted by molar-refractivity contribution is 7.09. The van der Waals surface area contributed by atoms with Gasteiger partial charge in [-0.3, -0.25) is 0 Å². The van der Waals surface area contributed by atoms with Crippen molar-refractivity contribution in [2.24, 2.45) is 0 Å². The fraction of sp³-hybridized carbons (Fsp3) is 0.769. The van der Waals surface area contributed by atoms with Gasteiger partial charge in [0.15, 0.2) is 0 Å². The van der Waals surface area contributed by atoms with E-state index in [1.807, 2.05) is 11.3 Å². The maximum Gasteiger partial charge on any atom is 0.0959 e. The summed E-state index contributed by atoms with van der Waals surface area (Å²) in [5, 5.41) is 7.23. The number of rotatable bonds is 6. The Morgan fingerprint density at radius 1 is 1.44 bits per heavy atom.